The summed E-state index contributed by atoms with van der Waals surface area (Å²) in [6.07, 6.45) is 2.42. The maximum atomic E-state index is 13.6. The van der Waals surface area contributed by atoms with E-state index in [2.05, 4.69) is 25.5 Å². The van der Waals surface area contributed by atoms with Crippen molar-refractivity contribution < 1.29 is 13.2 Å². The van der Waals surface area contributed by atoms with Crippen molar-refractivity contribution in [3.05, 3.63) is 41.8 Å². The molecule has 0 fully saturated rings. The van der Waals surface area contributed by atoms with Gasteiger partial charge in [0.05, 0.1) is 5.69 Å². The van der Waals surface area contributed by atoms with Crippen molar-refractivity contribution in [1.29, 1.82) is 0 Å². The Morgan fingerprint density at radius 1 is 1.09 bits per heavy atom. The number of anilines is 3. The number of nitrogens with one attached hydrogen (secondary N) is 2. The van der Waals surface area contributed by atoms with Crippen LogP contribution in [0.5, 0.6) is 0 Å². The Morgan fingerprint density at radius 3 is 2.61 bits per heavy atom. The van der Waals surface area contributed by atoms with Gasteiger partial charge in [0.15, 0.2) is 17.5 Å². The molecule has 2 N–H and O–H groups in total. The molecular formula is C15H18F3N5. The maximum Gasteiger partial charge on any atom is 0.229 e. The Hall–Kier alpha value is -2.35. The van der Waals surface area contributed by atoms with E-state index in [0.717, 1.165) is 25.1 Å². The van der Waals surface area contributed by atoms with Crippen molar-refractivity contribution in [2.45, 2.75) is 6.42 Å². The Morgan fingerprint density at radius 2 is 1.87 bits per heavy atom. The fourth-order valence-corrected chi connectivity index (χ4v) is 1.87. The van der Waals surface area contributed by atoms with Crippen LogP contribution in [0.25, 0.3) is 0 Å². The second kappa shape index (κ2) is 7.77. The van der Waals surface area contributed by atoms with Crippen molar-refractivity contribution in [2.75, 3.05) is 37.8 Å². The number of halogens is 3. The van der Waals surface area contributed by atoms with E-state index in [1.165, 1.54) is 6.20 Å². The van der Waals surface area contributed by atoms with Crippen LogP contribution in [0.4, 0.5) is 30.6 Å². The molecule has 0 saturated carbocycles. The summed E-state index contributed by atoms with van der Waals surface area (Å²) in [5.74, 6) is -3.44. The predicted molar refractivity (Wildman–Crippen MR) is 83.3 cm³/mol. The van der Waals surface area contributed by atoms with E-state index in [4.69, 9.17) is 0 Å². The van der Waals surface area contributed by atoms with Gasteiger partial charge in [-0.25, -0.2) is 18.2 Å². The van der Waals surface area contributed by atoms with Crippen molar-refractivity contribution >= 4 is 17.5 Å². The number of rotatable bonds is 7. The van der Waals surface area contributed by atoms with Gasteiger partial charge in [0, 0.05) is 12.7 Å². The Labute approximate surface area is 132 Å². The molecule has 124 valence electrons. The molecule has 1 aromatic heterocycles. The zero-order chi connectivity index (χ0) is 16.8. The molecule has 0 radical (unpaired) electrons. The molecule has 2 aromatic rings. The highest BCUT2D eigenvalue weighted by molar-refractivity contribution is 5.55. The summed E-state index contributed by atoms with van der Waals surface area (Å²) in [7, 11) is 3.98. The summed E-state index contributed by atoms with van der Waals surface area (Å²) in [6.45, 7) is 1.65. The summed E-state index contributed by atoms with van der Waals surface area (Å²) in [4.78, 5) is 10.1. The summed E-state index contributed by atoms with van der Waals surface area (Å²) in [6, 6.07) is 3.60. The molecule has 0 atom stereocenters. The van der Waals surface area contributed by atoms with Gasteiger partial charge in [-0.2, -0.15) is 4.98 Å². The lowest BCUT2D eigenvalue weighted by atomic mass is 10.3. The summed E-state index contributed by atoms with van der Waals surface area (Å²) >= 11 is 0. The minimum atomic E-state index is -1.53. The quantitative estimate of drug-likeness (QED) is 0.605. The van der Waals surface area contributed by atoms with Gasteiger partial charge in [0.2, 0.25) is 5.95 Å². The molecule has 0 saturated heterocycles. The lowest BCUT2D eigenvalue weighted by Crippen LogP contribution is -2.16. The minimum absolute atomic E-state index is 0.0903. The number of hydrogen-bond acceptors (Lipinski definition) is 5. The first-order valence-corrected chi connectivity index (χ1v) is 7.09. The van der Waals surface area contributed by atoms with Gasteiger partial charge in [0.1, 0.15) is 5.82 Å². The van der Waals surface area contributed by atoms with Gasteiger partial charge in [-0.05, 0) is 45.3 Å². The SMILES string of the molecule is CN(C)CCCNc1ccnc(Nc2ccc(F)c(F)c2F)n1. The normalized spacial score (nSPS) is 10.9. The lowest BCUT2D eigenvalue weighted by molar-refractivity contribution is 0.405. The molecular weight excluding hydrogens is 307 g/mol. The molecule has 0 spiro atoms. The van der Waals surface area contributed by atoms with Crippen molar-refractivity contribution in [2.24, 2.45) is 0 Å². The maximum absolute atomic E-state index is 13.6. The van der Waals surface area contributed by atoms with Crippen molar-refractivity contribution in [3.63, 3.8) is 0 Å². The smallest absolute Gasteiger partial charge is 0.229 e. The molecule has 0 aliphatic rings. The summed E-state index contributed by atoms with van der Waals surface area (Å²) in [5, 5.41) is 5.65. The Bertz CT molecular complexity index is 664. The number of aromatic nitrogens is 2. The number of hydrogen-bond donors (Lipinski definition) is 2. The third-order valence-electron chi connectivity index (χ3n) is 3.03. The van der Waals surface area contributed by atoms with E-state index in [1.54, 1.807) is 6.07 Å². The van der Waals surface area contributed by atoms with E-state index in [-0.39, 0.29) is 11.6 Å². The molecule has 0 bridgehead atoms. The van der Waals surface area contributed by atoms with Crippen LogP contribution in [0.1, 0.15) is 6.42 Å². The van der Waals surface area contributed by atoms with Crippen molar-refractivity contribution in [3.8, 4) is 0 Å². The highest BCUT2D eigenvalue weighted by Crippen LogP contribution is 2.22. The highest BCUT2D eigenvalue weighted by Gasteiger charge is 2.14. The van der Waals surface area contributed by atoms with E-state index in [9.17, 15) is 13.2 Å². The van der Waals surface area contributed by atoms with Gasteiger partial charge < -0.3 is 15.5 Å². The fourth-order valence-electron chi connectivity index (χ4n) is 1.87. The number of nitrogens with zero attached hydrogens (tertiary/aromatic N) is 3. The molecule has 1 heterocycles. The van der Waals surface area contributed by atoms with E-state index in [0.29, 0.717) is 12.4 Å². The van der Waals surface area contributed by atoms with E-state index in [1.807, 2.05) is 14.1 Å². The van der Waals surface area contributed by atoms with Crippen molar-refractivity contribution in [1.82, 2.24) is 14.9 Å². The fraction of sp³-hybridized carbons (Fsp3) is 0.333. The van der Waals surface area contributed by atoms with Gasteiger partial charge in [-0.15, -0.1) is 0 Å². The first-order valence-electron chi connectivity index (χ1n) is 7.09. The topological polar surface area (TPSA) is 53.1 Å². The van der Waals surface area contributed by atoms with Gasteiger partial charge in [-0.1, -0.05) is 0 Å². The summed E-state index contributed by atoms with van der Waals surface area (Å²) in [5.41, 5.74) is -0.228. The highest BCUT2D eigenvalue weighted by atomic mass is 19.2. The molecule has 2 rings (SSSR count). The molecule has 23 heavy (non-hydrogen) atoms. The molecule has 0 unspecified atom stereocenters. The van der Waals surface area contributed by atoms with E-state index >= 15 is 0 Å². The molecule has 1 aromatic carbocycles. The van der Waals surface area contributed by atoms with Gasteiger partial charge in [-0.3, -0.25) is 0 Å². The summed E-state index contributed by atoms with van der Waals surface area (Å²) < 4.78 is 39.7. The predicted octanol–water partition coefficient (Wildman–Crippen LogP) is 3.00. The average Bonchev–Trinajstić information content (AvgIpc) is 2.52. The molecule has 5 nitrogen and oxygen atoms in total. The minimum Gasteiger partial charge on any atom is -0.370 e. The Balaban J connectivity index is 2.01. The lowest BCUT2D eigenvalue weighted by Gasteiger charge is -2.11. The first-order chi connectivity index (χ1) is 11.0. The molecule has 0 amide bonds. The molecule has 0 aliphatic heterocycles. The zero-order valence-electron chi connectivity index (χ0n) is 12.9. The zero-order valence-corrected chi connectivity index (χ0v) is 12.9. The Kier molecular flexibility index (Phi) is 5.75. The van der Waals surface area contributed by atoms with Gasteiger partial charge >= 0.3 is 0 Å². The van der Waals surface area contributed by atoms with Crippen LogP contribution < -0.4 is 10.6 Å². The number of benzene rings is 1. The van der Waals surface area contributed by atoms with Crippen LogP contribution in [0.3, 0.4) is 0 Å². The van der Waals surface area contributed by atoms with Crippen LogP contribution in [0.15, 0.2) is 24.4 Å². The van der Waals surface area contributed by atoms with Crippen LogP contribution in [-0.4, -0.2) is 42.1 Å². The third-order valence-corrected chi connectivity index (χ3v) is 3.03. The monoisotopic (exact) mass is 325 g/mol. The standard InChI is InChI=1S/C15H18F3N5/c1-23(2)9-3-7-19-12-6-8-20-15(22-12)21-11-5-4-10(16)13(17)14(11)18/h4-6,8H,3,7,9H2,1-2H3,(H2,19,20,21,22). The molecule has 0 aliphatic carbocycles. The second-order valence-corrected chi connectivity index (χ2v) is 5.20. The van der Waals surface area contributed by atoms with Crippen LogP contribution >= 0.6 is 0 Å². The van der Waals surface area contributed by atoms with Gasteiger partial charge in [0.25, 0.3) is 0 Å². The van der Waals surface area contributed by atoms with Crippen LogP contribution in [0.2, 0.25) is 0 Å². The average molecular weight is 325 g/mol. The second-order valence-electron chi connectivity index (χ2n) is 5.20. The first kappa shape index (κ1) is 17.0. The largest absolute Gasteiger partial charge is 0.370 e. The van der Waals surface area contributed by atoms with Crippen LogP contribution in [-0.2, 0) is 0 Å². The molecule has 8 heteroatoms. The third kappa shape index (κ3) is 4.82. The van der Waals surface area contributed by atoms with Crippen LogP contribution in [0, 0.1) is 17.5 Å². The van der Waals surface area contributed by atoms with E-state index < -0.39 is 17.5 Å².